The van der Waals surface area contributed by atoms with Crippen LogP contribution in [0.15, 0.2) is 5.51 Å². The van der Waals surface area contributed by atoms with E-state index >= 15 is 0 Å². The Hall–Kier alpha value is -0.450. The van der Waals surface area contributed by atoms with Crippen LogP contribution < -0.4 is 0 Å². The molecule has 2 heterocycles. The van der Waals surface area contributed by atoms with Gasteiger partial charge in [0, 0.05) is 37.6 Å². The van der Waals surface area contributed by atoms with Gasteiger partial charge in [-0.2, -0.15) is 0 Å². The Kier molecular flexibility index (Phi) is 3.15. The summed E-state index contributed by atoms with van der Waals surface area (Å²) in [5, 5.41) is 0. The molecule has 0 unspecified atom stereocenters. The summed E-state index contributed by atoms with van der Waals surface area (Å²) in [6.07, 6.45) is 0. The predicted octanol–water partition coefficient (Wildman–Crippen LogP) is 1.20. The first kappa shape index (κ1) is 10.1. The fourth-order valence-corrected chi connectivity index (χ4v) is 2.51. The van der Waals surface area contributed by atoms with E-state index < -0.39 is 0 Å². The topological polar surface area (TPSA) is 19.4 Å². The lowest BCUT2D eigenvalue weighted by molar-refractivity contribution is 0.149. The highest BCUT2D eigenvalue weighted by molar-refractivity contribution is 7.09. The molecule has 78 valence electrons. The summed E-state index contributed by atoms with van der Waals surface area (Å²) in [6, 6.07) is 0. The van der Waals surface area contributed by atoms with Crippen LogP contribution in [-0.2, 0) is 6.54 Å². The highest BCUT2D eigenvalue weighted by atomic mass is 32.1. The fourth-order valence-electron chi connectivity index (χ4n) is 1.69. The minimum Gasteiger partial charge on any atom is -0.304 e. The van der Waals surface area contributed by atoms with E-state index in [9.17, 15) is 0 Å². The van der Waals surface area contributed by atoms with E-state index in [0.717, 1.165) is 6.54 Å². The lowest BCUT2D eigenvalue weighted by Crippen LogP contribution is -2.43. The van der Waals surface area contributed by atoms with E-state index in [1.807, 2.05) is 5.51 Å². The molecule has 0 N–H and O–H groups in total. The third-order valence-corrected chi connectivity index (χ3v) is 3.73. The van der Waals surface area contributed by atoms with Gasteiger partial charge < -0.3 is 4.90 Å². The summed E-state index contributed by atoms with van der Waals surface area (Å²) in [5.74, 6) is 0. The van der Waals surface area contributed by atoms with Crippen molar-refractivity contribution in [2.45, 2.75) is 13.5 Å². The van der Waals surface area contributed by atoms with Crippen molar-refractivity contribution in [2.75, 3.05) is 33.2 Å². The van der Waals surface area contributed by atoms with Crippen LogP contribution in [0, 0.1) is 6.92 Å². The van der Waals surface area contributed by atoms with Crippen molar-refractivity contribution in [1.82, 2.24) is 14.8 Å². The maximum absolute atomic E-state index is 4.28. The van der Waals surface area contributed by atoms with Crippen molar-refractivity contribution < 1.29 is 0 Å². The van der Waals surface area contributed by atoms with Gasteiger partial charge in [0.1, 0.15) is 0 Å². The van der Waals surface area contributed by atoms with Gasteiger partial charge in [-0.15, -0.1) is 11.3 Å². The largest absolute Gasteiger partial charge is 0.304 e. The smallest absolute Gasteiger partial charge is 0.0798 e. The molecule has 4 heteroatoms. The van der Waals surface area contributed by atoms with Crippen molar-refractivity contribution >= 4 is 11.3 Å². The highest BCUT2D eigenvalue weighted by Crippen LogP contribution is 2.15. The maximum Gasteiger partial charge on any atom is 0.0798 e. The van der Waals surface area contributed by atoms with E-state index in [0.29, 0.717) is 0 Å². The van der Waals surface area contributed by atoms with Gasteiger partial charge >= 0.3 is 0 Å². The van der Waals surface area contributed by atoms with Crippen molar-refractivity contribution in [3.8, 4) is 0 Å². The molecule has 1 saturated heterocycles. The van der Waals surface area contributed by atoms with Gasteiger partial charge in [0.15, 0.2) is 0 Å². The Morgan fingerprint density at radius 1 is 1.36 bits per heavy atom. The number of rotatable bonds is 2. The van der Waals surface area contributed by atoms with Gasteiger partial charge in [-0.3, -0.25) is 4.90 Å². The predicted molar refractivity (Wildman–Crippen MR) is 59.6 cm³/mol. The van der Waals surface area contributed by atoms with E-state index in [-0.39, 0.29) is 0 Å². The molecule has 1 aliphatic heterocycles. The molecular formula is C10H17N3S. The Labute approximate surface area is 89.4 Å². The number of aromatic nitrogens is 1. The number of aryl methyl sites for hydroxylation is 1. The third-order valence-electron chi connectivity index (χ3n) is 2.81. The minimum absolute atomic E-state index is 1.09. The van der Waals surface area contributed by atoms with Gasteiger partial charge in [0.25, 0.3) is 0 Å². The SMILES string of the molecule is Cc1ncsc1CN1CCN(C)CC1. The van der Waals surface area contributed by atoms with Crippen LogP contribution >= 0.6 is 11.3 Å². The van der Waals surface area contributed by atoms with Crippen molar-refractivity contribution in [3.05, 3.63) is 16.1 Å². The second-order valence-corrected chi connectivity index (χ2v) is 4.88. The first-order chi connectivity index (χ1) is 6.75. The average Bonchev–Trinajstić information content (AvgIpc) is 2.56. The van der Waals surface area contributed by atoms with Crippen molar-refractivity contribution in [2.24, 2.45) is 0 Å². The zero-order valence-electron chi connectivity index (χ0n) is 8.86. The van der Waals surface area contributed by atoms with E-state index in [1.54, 1.807) is 11.3 Å². The summed E-state index contributed by atoms with van der Waals surface area (Å²) in [5.41, 5.74) is 3.15. The third kappa shape index (κ3) is 2.32. The van der Waals surface area contributed by atoms with Gasteiger partial charge in [0.2, 0.25) is 0 Å². The molecule has 1 aromatic rings. The molecule has 1 fully saturated rings. The molecule has 0 bridgehead atoms. The number of nitrogens with zero attached hydrogens (tertiary/aromatic N) is 3. The van der Waals surface area contributed by atoms with Crippen LogP contribution in [-0.4, -0.2) is 48.0 Å². The normalized spacial score (nSPS) is 20.1. The second-order valence-electron chi connectivity index (χ2n) is 3.94. The molecule has 14 heavy (non-hydrogen) atoms. The molecule has 0 atom stereocenters. The molecule has 0 aliphatic carbocycles. The summed E-state index contributed by atoms with van der Waals surface area (Å²) in [7, 11) is 2.19. The molecule has 3 nitrogen and oxygen atoms in total. The lowest BCUT2D eigenvalue weighted by atomic mass is 10.3. The Balaban J connectivity index is 1.89. The fraction of sp³-hybridized carbons (Fsp3) is 0.700. The van der Waals surface area contributed by atoms with Crippen molar-refractivity contribution in [3.63, 3.8) is 0 Å². The lowest BCUT2D eigenvalue weighted by Gasteiger charge is -2.32. The van der Waals surface area contributed by atoms with E-state index in [2.05, 4.69) is 28.8 Å². The van der Waals surface area contributed by atoms with Gasteiger partial charge in [-0.25, -0.2) is 4.98 Å². The van der Waals surface area contributed by atoms with Gasteiger partial charge in [0.05, 0.1) is 11.2 Å². The van der Waals surface area contributed by atoms with Crippen LogP contribution in [0.3, 0.4) is 0 Å². The standard InChI is InChI=1S/C10H17N3S/c1-9-10(14-8-11-9)7-13-5-3-12(2)4-6-13/h8H,3-7H2,1-2H3. The molecular weight excluding hydrogens is 194 g/mol. The first-order valence-electron chi connectivity index (χ1n) is 5.05. The van der Waals surface area contributed by atoms with Crippen LogP contribution in [0.1, 0.15) is 10.6 Å². The quantitative estimate of drug-likeness (QED) is 0.733. The van der Waals surface area contributed by atoms with Gasteiger partial charge in [-0.1, -0.05) is 0 Å². The number of hydrogen-bond donors (Lipinski definition) is 0. The number of thiazole rings is 1. The molecule has 0 aromatic carbocycles. The molecule has 1 aliphatic rings. The molecule has 0 amide bonds. The molecule has 2 rings (SSSR count). The van der Waals surface area contributed by atoms with Crippen LogP contribution in [0.25, 0.3) is 0 Å². The summed E-state index contributed by atoms with van der Waals surface area (Å²) >= 11 is 1.78. The summed E-state index contributed by atoms with van der Waals surface area (Å²) in [6.45, 7) is 7.95. The Morgan fingerprint density at radius 3 is 2.64 bits per heavy atom. The van der Waals surface area contributed by atoms with Crippen molar-refractivity contribution in [1.29, 1.82) is 0 Å². The number of piperazine rings is 1. The Bertz CT molecular complexity index is 289. The van der Waals surface area contributed by atoms with E-state index in [1.165, 1.54) is 36.8 Å². The molecule has 0 radical (unpaired) electrons. The monoisotopic (exact) mass is 211 g/mol. The van der Waals surface area contributed by atoms with E-state index in [4.69, 9.17) is 0 Å². The van der Waals surface area contributed by atoms with Crippen LogP contribution in [0.2, 0.25) is 0 Å². The molecule has 0 saturated carbocycles. The zero-order chi connectivity index (χ0) is 9.97. The molecule has 0 spiro atoms. The highest BCUT2D eigenvalue weighted by Gasteiger charge is 2.15. The average molecular weight is 211 g/mol. The molecule has 1 aromatic heterocycles. The number of likely N-dealkylation sites (N-methyl/N-ethyl adjacent to an activating group) is 1. The zero-order valence-corrected chi connectivity index (χ0v) is 9.68. The maximum atomic E-state index is 4.28. The van der Waals surface area contributed by atoms with Crippen LogP contribution in [0.4, 0.5) is 0 Å². The number of hydrogen-bond acceptors (Lipinski definition) is 4. The Morgan fingerprint density at radius 2 is 2.07 bits per heavy atom. The summed E-state index contributed by atoms with van der Waals surface area (Å²) < 4.78 is 0. The minimum atomic E-state index is 1.09. The van der Waals surface area contributed by atoms with Crippen LogP contribution in [0.5, 0.6) is 0 Å². The first-order valence-corrected chi connectivity index (χ1v) is 5.93. The summed E-state index contributed by atoms with van der Waals surface area (Å²) in [4.78, 5) is 10.6. The second kappa shape index (κ2) is 4.38. The van der Waals surface area contributed by atoms with Gasteiger partial charge in [-0.05, 0) is 14.0 Å².